The zero-order valence-corrected chi connectivity index (χ0v) is 6.44. The Hall–Kier alpha value is -0.860. The molecule has 0 heterocycles. The van der Waals surface area contributed by atoms with E-state index in [0.29, 0.717) is 13.0 Å². The highest BCUT2D eigenvalue weighted by Crippen LogP contribution is 1.88. The average Bonchev–Trinajstić information content (AvgIpc) is 1.98. The maximum Gasteiger partial charge on any atom is 0.351 e. The first-order valence-corrected chi connectivity index (χ1v) is 3.46. The van der Waals surface area contributed by atoms with Crippen molar-refractivity contribution in [1.29, 1.82) is 5.41 Å². The van der Waals surface area contributed by atoms with Gasteiger partial charge in [0, 0.05) is 0 Å². The molecule has 0 bridgehead atoms. The number of carbonyl (C=O) groups excluding carboxylic acids is 1. The van der Waals surface area contributed by atoms with Gasteiger partial charge in [0.05, 0.1) is 6.61 Å². The number of hydrogen-bond acceptors (Lipinski definition) is 3. The van der Waals surface area contributed by atoms with Gasteiger partial charge in [-0.15, -0.1) is 0 Å². The number of ether oxygens (including phenoxy) is 1. The molecule has 0 radical (unpaired) electrons. The van der Waals surface area contributed by atoms with Crippen molar-refractivity contribution in [3.63, 3.8) is 0 Å². The van der Waals surface area contributed by atoms with Crippen molar-refractivity contribution >= 4 is 11.7 Å². The molecular weight excluding hydrogens is 130 g/mol. The summed E-state index contributed by atoms with van der Waals surface area (Å²) in [5.74, 6) is -0.482. The fourth-order valence-corrected chi connectivity index (χ4v) is 0.426. The van der Waals surface area contributed by atoms with Gasteiger partial charge in [-0.3, -0.25) is 5.41 Å². The van der Waals surface area contributed by atoms with Crippen molar-refractivity contribution in [1.82, 2.24) is 0 Å². The minimum absolute atomic E-state index is 0.0495. The summed E-state index contributed by atoms with van der Waals surface area (Å²) in [6, 6.07) is 0. The van der Waals surface area contributed by atoms with Crippen molar-refractivity contribution in [2.45, 2.75) is 26.7 Å². The molecule has 0 amide bonds. The smallest absolute Gasteiger partial charge is 0.351 e. The molecule has 0 unspecified atom stereocenters. The molecule has 0 aliphatic rings. The second kappa shape index (κ2) is 4.97. The minimum Gasteiger partial charge on any atom is -0.461 e. The molecule has 0 rings (SSSR count). The average molecular weight is 143 g/mol. The van der Waals surface area contributed by atoms with E-state index in [2.05, 4.69) is 4.74 Å². The first kappa shape index (κ1) is 9.14. The summed E-state index contributed by atoms with van der Waals surface area (Å²) in [7, 11) is 0. The lowest BCUT2D eigenvalue weighted by atomic mass is 10.3. The topological polar surface area (TPSA) is 50.2 Å². The standard InChI is InChI=1S/C7H13NO2/c1-3-5-10-7(9)6(8)4-2/h8H,3-5H2,1-2H3. The first-order valence-electron chi connectivity index (χ1n) is 3.46. The van der Waals surface area contributed by atoms with Crippen LogP contribution in [-0.2, 0) is 9.53 Å². The lowest BCUT2D eigenvalue weighted by Gasteiger charge is -2.00. The van der Waals surface area contributed by atoms with Crippen LogP contribution in [0.25, 0.3) is 0 Å². The van der Waals surface area contributed by atoms with E-state index in [1.54, 1.807) is 6.92 Å². The van der Waals surface area contributed by atoms with Gasteiger partial charge < -0.3 is 4.74 Å². The highest BCUT2D eigenvalue weighted by molar-refractivity contribution is 6.34. The fourth-order valence-electron chi connectivity index (χ4n) is 0.426. The molecule has 58 valence electrons. The molecule has 0 fully saturated rings. The number of rotatable bonds is 4. The Kier molecular flexibility index (Phi) is 4.54. The Balaban J connectivity index is 3.52. The lowest BCUT2D eigenvalue weighted by Crippen LogP contribution is -2.15. The summed E-state index contributed by atoms with van der Waals surface area (Å²) in [6.45, 7) is 4.10. The SMILES string of the molecule is CCCOC(=O)C(=N)CC. The van der Waals surface area contributed by atoms with E-state index in [1.165, 1.54) is 0 Å². The molecule has 0 spiro atoms. The molecule has 0 saturated carbocycles. The van der Waals surface area contributed by atoms with Gasteiger partial charge in [0.15, 0.2) is 0 Å². The van der Waals surface area contributed by atoms with Gasteiger partial charge >= 0.3 is 5.97 Å². The van der Waals surface area contributed by atoms with Gasteiger partial charge in [-0.1, -0.05) is 13.8 Å². The molecule has 0 aromatic rings. The molecule has 0 atom stereocenters. The highest BCUT2D eigenvalue weighted by Gasteiger charge is 2.06. The van der Waals surface area contributed by atoms with E-state index >= 15 is 0 Å². The summed E-state index contributed by atoms with van der Waals surface area (Å²) < 4.78 is 4.68. The van der Waals surface area contributed by atoms with Gasteiger partial charge in [-0.05, 0) is 12.8 Å². The van der Waals surface area contributed by atoms with Gasteiger partial charge in [0.1, 0.15) is 5.71 Å². The van der Waals surface area contributed by atoms with Crippen LogP contribution in [-0.4, -0.2) is 18.3 Å². The van der Waals surface area contributed by atoms with Crippen molar-refractivity contribution in [2.24, 2.45) is 0 Å². The van der Waals surface area contributed by atoms with E-state index in [-0.39, 0.29) is 5.71 Å². The zero-order chi connectivity index (χ0) is 7.98. The van der Waals surface area contributed by atoms with Crippen molar-refractivity contribution in [3.05, 3.63) is 0 Å². The minimum atomic E-state index is -0.482. The van der Waals surface area contributed by atoms with Crippen LogP contribution in [0.15, 0.2) is 0 Å². The molecule has 0 saturated heterocycles. The maximum atomic E-state index is 10.7. The first-order chi connectivity index (χ1) is 4.72. The van der Waals surface area contributed by atoms with Crippen LogP contribution in [0.1, 0.15) is 26.7 Å². The largest absolute Gasteiger partial charge is 0.461 e. The van der Waals surface area contributed by atoms with Gasteiger partial charge in [-0.25, -0.2) is 4.79 Å². The zero-order valence-electron chi connectivity index (χ0n) is 6.44. The van der Waals surface area contributed by atoms with Crippen LogP contribution in [0.3, 0.4) is 0 Å². The molecular formula is C7H13NO2. The van der Waals surface area contributed by atoms with Crippen LogP contribution < -0.4 is 0 Å². The Labute approximate surface area is 60.9 Å². The molecule has 10 heavy (non-hydrogen) atoms. The number of hydrogen-bond donors (Lipinski definition) is 1. The molecule has 3 heteroatoms. The fraction of sp³-hybridized carbons (Fsp3) is 0.714. The molecule has 0 aromatic carbocycles. The Bertz CT molecular complexity index is 132. The third-order valence-corrected chi connectivity index (χ3v) is 1.04. The van der Waals surface area contributed by atoms with E-state index in [4.69, 9.17) is 5.41 Å². The second-order valence-electron chi connectivity index (χ2n) is 1.97. The van der Waals surface area contributed by atoms with Crippen LogP contribution in [0.2, 0.25) is 0 Å². The Morgan fingerprint density at radius 3 is 2.50 bits per heavy atom. The number of nitrogens with one attached hydrogen (secondary N) is 1. The van der Waals surface area contributed by atoms with Crippen LogP contribution in [0.5, 0.6) is 0 Å². The monoisotopic (exact) mass is 143 g/mol. The molecule has 3 nitrogen and oxygen atoms in total. The van der Waals surface area contributed by atoms with E-state index < -0.39 is 5.97 Å². The lowest BCUT2D eigenvalue weighted by molar-refractivity contribution is -0.135. The normalized spacial score (nSPS) is 9.00. The highest BCUT2D eigenvalue weighted by atomic mass is 16.5. The van der Waals surface area contributed by atoms with Crippen LogP contribution in [0, 0.1) is 5.41 Å². The van der Waals surface area contributed by atoms with Gasteiger partial charge in [0.25, 0.3) is 0 Å². The summed E-state index contributed by atoms with van der Waals surface area (Å²) in [6.07, 6.45) is 1.26. The second-order valence-corrected chi connectivity index (χ2v) is 1.97. The van der Waals surface area contributed by atoms with E-state index in [0.717, 1.165) is 6.42 Å². The van der Waals surface area contributed by atoms with Crippen LogP contribution in [0.4, 0.5) is 0 Å². The number of esters is 1. The van der Waals surface area contributed by atoms with E-state index in [9.17, 15) is 4.79 Å². The third kappa shape index (κ3) is 3.22. The third-order valence-electron chi connectivity index (χ3n) is 1.04. The predicted molar refractivity (Wildman–Crippen MR) is 39.3 cm³/mol. The molecule has 0 aliphatic carbocycles. The summed E-state index contributed by atoms with van der Waals surface area (Å²) in [4.78, 5) is 10.7. The van der Waals surface area contributed by atoms with Crippen molar-refractivity contribution in [2.75, 3.05) is 6.61 Å². The summed E-state index contributed by atoms with van der Waals surface area (Å²) >= 11 is 0. The number of carbonyl (C=O) groups is 1. The summed E-state index contributed by atoms with van der Waals surface area (Å²) in [5, 5.41) is 7.05. The van der Waals surface area contributed by atoms with Crippen molar-refractivity contribution in [3.8, 4) is 0 Å². The van der Waals surface area contributed by atoms with E-state index in [1.807, 2.05) is 6.92 Å². The molecule has 1 N–H and O–H groups in total. The quantitative estimate of drug-likeness (QED) is 0.477. The Morgan fingerprint density at radius 2 is 2.10 bits per heavy atom. The van der Waals surface area contributed by atoms with Crippen LogP contribution >= 0.6 is 0 Å². The van der Waals surface area contributed by atoms with Gasteiger partial charge in [0.2, 0.25) is 0 Å². The summed E-state index contributed by atoms with van der Waals surface area (Å²) in [5.41, 5.74) is 0.0495. The molecule has 0 aromatic heterocycles. The van der Waals surface area contributed by atoms with Crippen molar-refractivity contribution < 1.29 is 9.53 Å². The predicted octanol–water partition coefficient (Wildman–Crippen LogP) is 1.37. The molecule has 0 aliphatic heterocycles. The Morgan fingerprint density at radius 1 is 1.50 bits per heavy atom. The van der Waals surface area contributed by atoms with Gasteiger partial charge in [-0.2, -0.15) is 0 Å². The maximum absolute atomic E-state index is 10.7.